The normalized spacial score (nSPS) is 21.6. The first-order valence-electron chi connectivity index (χ1n) is 9.30. The Bertz CT molecular complexity index is 814. The van der Waals surface area contributed by atoms with Gasteiger partial charge in [-0.2, -0.15) is 0 Å². The Morgan fingerprint density at radius 2 is 1.52 bits per heavy atom. The summed E-state index contributed by atoms with van der Waals surface area (Å²) in [6.07, 6.45) is 0.981. The average molecular weight is 365 g/mol. The molecule has 27 heavy (non-hydrogen) atoms. The number of amides is 3. The van der Waals surface area contributed by atoms with Gasteiger partial charge in [-0.1, -0.05) is 30.3 Å². The zero-order valence-electron chi connectivity index (χ0n) is 15.0. The molecule has 0 unspecified atom stereocenters. The minimum absolute atomic E-state index is 0.0461. The molecule has 1 heterocycles. The number of carbonyl (C=O) groups is 2. The average Bonchev–Trinajstić information content (AvgIpc) is 3.48. The van der Waals surface area contributed by atoms with E-state index in [-0.39, 0.29) is 23.7 Å². The van der Waals surface area contributed by atoms with Gasteiger partial charge in [0.15, 0.2) is 0 Å². The van der Waals surface area contributed by atoms with E-state index in [0.717, 1.165) is 6.42 Å². The maximum absolute atomic E-state index is 12.5. The van der Waals surface area contributed by atoms with Crippen molar-refractivity contribution in [1.29, 1.82) is 0 Å². The monoisotopic (exact) mass is 365 g/mol. The quantitative estimate of drug-likeness (QED) is 0.877. The van der Waals surface area contributed by atoms with E-state index in [9.17, 15) is 14.7 Å². The van der Waals surface area contributed by atoms with E-state index >= 15 is 0 Å². The molecule has 0 radical (unpaired) electrons. The Balaban J connectivity index is 1.26. The molecule has 2 aromatic rings. The van der Waals surface area contributed by atoms with Gasteiger partial charge in [-0.05, 0) is 36.2 Å². The van der Waals surface area contributed by atoms with E-state index < -0.39 is 0 Å². The summed E-state index contributed by atoms with van der Waals surface area (Å²) in [5, 5.41) is 12.4. The number of rotatable bonds is 3. The summed E-state index contributed by atoms with van der Waals surface area (Å²) in [5.41, 5.74) is 1.82. The number of carbonyl (C=O) groups excluding carboxylic acids is 2. The Morgan fingerprint density at radius 1 is 0.889 bits per heavy atom. The van der Waals surface area contributed by atoms with Crippen molar-refractivity contribution in [3.8, 4) is 5.75 Å². The molecule has 1 aliphatic heterocycles. The number of phenolic OH excluding ortho intramolecular Hbond substituents is 1. The maximum atomic E-state index is 12.5. The molecule has 2 N–H and O–H groups in total. The molecule has 6 heteroatoms. The number of nitrogens with one attached hydrogen (secondary N) is 1. The molecule has 1 aliphatic carbocycles. The topological polar surface area (TPSA) is 72.9 Å². The van der Waals surface area contributed by atoms with Crippen LogP contribution in [0, 0.1) is 0 Å². The number of piperazine rings is 1. The SMILES string of the molecule is O=C(N[C@@H]1C[C@H]1c1ccccc1)N1CCN(C(=O)c2ccc(O)cc2)CC1. The van der Waals surface area contributed by atoms with Crippen molar-refractivity contribution < 1.29 is 14.7 Å². The molecule has 2 aromatic carbocycles. The fourth-order valence-corrected chi connectivity index (χ4v) is 3.57. The summed E-state index contributed by atoms with van der Waals surface area (Å²) in [5.74, 6) is 0.482. The molecule has 140 valence electrons. The Labute approximate surface area is 158 Å². The molecule has 2 aliphatic rings. The van der Waals surface area contributed by atoms with Crippen LogP contribution >= 0.6 is 0 Å². The molecule has 0 spiro atoms. The highest BCUT2D eigenvalue weighted by atomic mass is 16.3. The third-order valence-electron chi connectivity index (χ3n) is 5.30. The molecular formula is C21H23N3O3. The van der Waals surface area contributed by atoms with E-state index in [1.807, 2.05) is 18.2 Å². The van der Waals surface area contributed by atoms with Crippen molar-refractivity contribution in [2.45, 2.75) is 18.4 Å². The largest absolute Gasteiger partial charge is 0.508 e. The summed E-state index contributed by atoms with van der Waals surface area (Å²) in [4.78, 5) is 28.5. The number of phenols is 1. The molecule has 2 atom stereocenters. The first-order chi connectivity index (χ1) is 13.1. The van der Waals surface area contributed by atoms with Gasteiger partial charge in [0.1, 0.15) is 5.75 Å². The second kappa shape index (κ2) is 7.31. The fraction of sp³-hybridized carbons (Fsp3) is 0.333. The first-order valence-corrected chi connectivity index (χ1v) is 9.30. The van der Waals surface area contributed by atoms with Gasteiger partial charge in [0, 0.05) is 43.7 Å². The fourth-order valence-electron chi connectivity index (χ4n) is 3.57. The Morgan fingerprint density at radius 3 is 2.19 bits per heavy atom. The van der Waals surface area contributed by atoms with Crippen molar-refractivity contribution in [1.82, 2.24) is 15.1 Å². The van der Waals surface area contributed by atoms with Crippen LogP contribution in [0.5, 0.6) is 5.75 Å². The maximum Gasteiger partial charge on any atom is 0.317 e. The Hall–Kier alpha value is -3.02. The zero-order chi connectivity index (χ0) is 18.8. The second-order valence-electron chi connectivity index (χ2n) is 7.13. The van der Waals surface area contributed by atoms with Gasteiger partial charge in [-0.15, -0.1) is 0 Å². The lowest BCUT2D eigenvalue weighted by molar-refractivity contribution is 0.0664. The lowest BCUT2D eigenvalue weighted by atomic mass is 10.1. The highest BCUT2D eigenvalue weighted by molar-refractivity contribution is 5.94. The van der Waals surface area contributed by atoms with Crippen LogP contribution in [-0.4, -0.2) is 59.1 Å². The van der Waals surface area contributed by atoms with Gasteiger partial charge in [-0.3, -0.25) is 4.79 Å². The van der Waals surface area contributed by atoms with Crippen molar-refractivity contribution in [2.24, 2.45) is 0 Å². The predicted octanol–water partition coefficient (Wildman–Crippen LogP) is 2.42. The predicted molar refractivity (Wildman–Crippen MR) is 102 cm³/mol. The molecular weight excluding hydrogens is 342 g/mol. The van der Waals surface area contributed by atoms with Gasteiger partial charge >= 0.3 is 6.03 Å². The standard InChI is InChI=1S/C21H23N3O3/c25-17-8-6-16(7-9-17)20(26)23-10-12-24(13-11-23)21(27)22-19-14-18(19)15-4-2-1-3-5-15/h1-9,18-19,25H,10-14H2,(H,22,27)/t18-,19+/m0/s1. The lowest BCUT2D eigenvalue weighted by Gasteiger charge is -2.34. The summed E-state index contributed by atoms with van der Waals surface area (Å²) < 4.78 is 0. The summed E-state index contributed by atoms with van der Waals surface area (Å²) in [7, 11) is 0. The number of hydrogen-bond acceptors (Lipinski definition) is 3. The molecule has 1 saturated carbocycles. The van der Waals surface area contributed by atoms with Crippen LogP contribution in [0.2, 0.25) is 0 Å². The van der Waals surface area contributed by atoms with E-state index in [1.54, 1.807) is 21.9 Å². The number of aromatic hydroxyl groups is 1. The van der Waals surface area contributed by atoms with Crippen LogP contribution < -0.4 is 5.32 Å². The van der Waals surface area contributed by atoms with E-state index in [0.29, 0.717) is 37.7 Å². The molecule has 0 aromatic heterocycles. The first kappa shape index (κ1) is 17.4. The van der Waals surface area contributed by atoms with E-state index in [2.05, 4.69) is 17.4 Å². The van der Waals surface area contributed by atoms with Gasteiger partial charge in [0.2, 0.25) is 0 Å². The van der Waals surface area contributed by atoms with Gasteiger partial charge in [0.05, 0.1) is 0 Å². The summed E-state index contributed by atoms with van der Waals surface area (Å²) in [6.45, 7) is 2.08. The van der Waals surface area contributed by atoms with Gasteiger partial charge in [-0.25, -0.2) is 4.79 Å². The van der Waals surface area contributed by atoms with Crippen molar-refractivity contribution in [3.63, 3.8) is 0 Å². The summed E-state index contributed by atoms with van der Waals surface area (Å²) in [6, 6.07) is 16.7. The molecule has 3 amide bonds. The molecule has 0 bridgehead atoms. The minimum atomic E-state index is -0.0682. The van der Waals surface area contributed by atoms with Crippen LogP contribution in [0.15, 0.2) is 54.6 Å². The third kappa shape index (κ3) is 3.89. The van der Waals surface area contributed by atoms with Crippen LogP contribution in [0.4, 0.5) is 4.79 Å². The number of nitrogens with zero attached hydrogens (tertiary/aromatic N) is 2. The van der Waals surface area contributed by atoms with Crippen molar-refractivity contribution in [3.05, 3.63) is 65.7 Å². The van der Waals surface area contributed by atoms with Gasteiger partial charge in [0.25, 0.3) is 5.91 Å². The van der Waals surface area contributed by atoms with Crippen LogP contribution in [0.25, 0.3) is 0 Å². The second-order valence-corrected chi connectivity index (χ2v) is 7.13. The van der Waals surface area contributed by atoms with E-state index in [1.165, 1.54) is 17.7 Å². The van der Waals surface area contributed by atoms with Crippen LogP contribution in [0.3, 0.4) is 0 Å². The van der Waals surface area contributed by atoms with Crippen LogP contribution in [-0.2, 0) is 0 Å². The van der Waals surface area contributed by atoms with Crippen LogP contribution in [0.1, 0.15) is 28.3 Å². The Kier molecular flexibility index (Phi) is 4.71. The smallest absolute Gasteiger partial charge is 0.317 e. The lowest BCUT2D eigenvalue weighted by Crippen LogP contribution is -2.53. The minimum Gasteiger partial charge on any atom is -0.508 e. The van der Waals surface area contributed by atoms with Crippen molar-refractivity contribution >= 4 is 11.9 Å². The molecule has 6 nitrogen and oxygen atoms in total. The van der Waals surface area contributed by atoms with Gasteiger partial charge < -0.3 is 20.2 Å². The zero-order valence-corrected chi connectivity index (χ0v) is 15.0. The molecule has 2 fully saturated rings. The number of hydrogen-bond donors (Lipinski definition) is 2. The van der Waals surface area contributed by atoms with Crippen molar-refractivity contribution in [2.75, 3.05) is 26.2 Å². The molecule has 4 rings (SSSR count). The third-order valence-corrected chi connectivity index (χ3v) is 5.30. The highest BCUT2D eigenvalue weighted by Crippen LogP contribution is 2.40. The summed E-state index contributed by atoms with van der Waals surface area (Å²) >= 11 is 0. The highest BCUT2D eigenvalue weighted by Gasteiger charge is 2.40. The molecule has 1 saturated heterocycles. The van der Waals surface area contributed by atoms with E-state index in [4.69, 9.17) is 0 Å². The number of benzene rings is 2. The number of urea groups is 1.